The second-order valence-corrected chi connectivity index (χ2v) is 4.78. The van der Waals surface area contributed by atoms with Crippen molar-refractivity contribution in [2.45, 2.75) is 12.8 Å². The van der Waals surface area contributed by atoms with Crippen molar-refractivity contribution in [3.05, 3.63) is 45.9 Å². The van der Waals surface area contributed by atoms with Crippen molar-refractivity contribution >= 4 is 17.5 Å². The fourth-order valence-electron chi connectivity index (χ4n) is 2.12. The molecule has 0 amide bonds. The number of carboxylic acids is 1. The molecule has 0 heterocycles. The summed E-state index contributed by atoms with van der Waals surface area (Å²) in [5.41, 5.74) is -4.01. The number of Topliss-reactive ketones (excluding diaryl/α,β-unsaturated/α-hetero) is 2. The van der Waals surface area contributed by atoms with Gasteiger partial charge in [0.25, 0.3) is 0 Å². The minimum atomic E-state index is -2.34. The molecule has 5 nitrogen and oxygen atoms in total. The molecule has 10 heteroatoms. The van der Waals surface area contributed by atoms with Crippen LogP contribution < -0.4 is 5.32 Å². The van der Waals surface area contributed by atoms with E-state index >= 15 is 0 Å². The zero-order valence-electron chi connectivity index (χ0n) is 11.7. The van der Waals surface area contributed by atoms with Gasteiger partial charge in [-0.05, 0) is 6.42 Å². The van der Waals surface area contributed by atoms with Crippen LogP contribution in [-0.4, -0.2) is 29.2 Å². The standard InChI is InChI=1S/C14H8F5NO4/c15-7-5-6(8(16)10(18)9(7)17)14(24)12(11(19)13(5)23)20-3-1-2-4(21)22/h20H,1-3H2,(H,21,22). The Bertz CT molecular complexity index is 803. The van der Waals surface area contributed by atoms with Crippen LogP contribution >= 0.6 is 0 Å². The highest BCUT2D eigenvalue weighted by Gasteiger charge is 2.40. The molecule has 0 saturated carbocycles. The molecule has 1 aliphatic rings. The number of benzene rings is 1. The normalized spacial score (nSPS) is 14.0. The van der Waals surface area contributed by atoms with Crippen molar-refractivity contribution < 1.29 is 41.4 Å². The molecule has 128 valence electrons. The van der Waals surface area contributed by atoms with E-state index in [0.29, 0.717) is 0 Å². The first-order valence-electron chi connectivity index (χ1n) is 6.49. The summed E-state index contributed by atoms with van der Waals surface area (Å²) in [4.78, 5) is 34.1. The van der Waals surface area contributed by atoms with Gasteiger partial charge in [-0.15, -0.1) is 0 Å². The van der Waals surface area contributed by atoms with Crippen LogP contribution in [0.3, 0.4) is 0 Å². The summed E-state index contributed by atoms with van der Waals surface area (Å²) in [5, 5.41) is 10.5. The summed E-state index contributed by atoms with van der Waals surface area (Å²) in [6.45, 7) is -0.281. The van der Waals surface area contributed by atoms with E-state index in [4.69, 9.17) is 5.11 Å². The molecule has 2 N–H and O–H groups in total. The van der Waals surface area contributed by atoms with E-state index < -0.39 is 63.5 Å². The van der Waals surface area contributed by atoms with Crippen LogP contribution in [0.5, 0.6) is 0 Å². The lowest BCUT2D eigenvalue weighted by molar-refractivity contribution is -0.137. The number of hydrogen-bond acceptors (Lipinski definition) is 4. The predicted octanol–water partition coefficient (Wildman–Crippen LogP) is 2.26. The molecule has 0 aliphatic heterocycles. The average molecular weight is 349 g/mol. The lowest BCUT2D eigenvalue weighted by Crippen LogP contribution is -2.32. The maximum Gasteiger partial charge on any atom is 0.303 e. The van der Waals surface area contributed by atoms with Gasteiger partial charge in [-0.25, -0.2) is 22.0 Å². The van der Waals surface area contributed by atoms with Crippen molar-refractivity contribution in [2.75, 3.05) is 6.54 Å². The fraction of sp³-hybridized carbons (Fsp3) is 0.214. The van der Waals surface area contributed by atoms with Crippen molar-refractivity contribution in [3.8, 4) is 0 Å². The molecule has 1 aromatic rings. The van der Waals surface area contributed by atoms with Crippen LogP contribution in [0.15, 0.2) is 11.5 Å². The Morgan fingerprint density at radius 1 is 0.875 bits per heavy atom. The van der Waals surface area contributed by atoms with E-state index in [-0.39, 0.29) is 19.4 Å². The van der Waals surface area contributed by atoms with Gasteiger partial charge in [-0.1, -0.05) is 0 Å². The Labute approximate surface area is 130 Å². The van der Waals surface area contributed by atoms with Crippen molar-refractivity contribution in [1.82, 2.24) is 5.32 Å². The number of ketones is 2. The van der Waals surface area contributed by atoms with E-state index in [1.807, 2.05) is 0 Å². The largest absolute Gasteiger partial charge is 0.481 e. The minimum absolute atomic E-state index is 0.0743. The summed E-state index contributed by atoms with van der Waals surface area (Å²) in [6.07, 6.45) is -0.418. The third-order valence-electron chi connectivity index (χ3n) is 3.24. The highest BCUT2D eigenvalue weighted by molar-refractivity contribution is 6.26. The predicted molar refractivity (Wildman–Crippen MR) is 67.9 cm³/mol. The van der Waals surface area contributed by atoms with Crippen LogP contribution in [0.4, 0.5) is 22.0 Å². The van der Waals surface area contributed by atoms with Crippen molar-refractivity contribution in [2.24, 2.45) is 0 Å². The smallest absolute Gasteiger partial charge is 0.303 e. The molecular formula is C14H8F5NO4. The molecule has 1 aromatic carbocycles. The Morgan fingerprint density at radius 3 is 1.88 bits per heavy atom. The molecule has 0 saturated heterocycles. The SMILES string of the molecule is O=C(O)CCCNC1=C(F)C(=O)c2c(F)c(F)c(F)c(F)c2C1=O. The van der Waals surface area contributed by atoms with Crippen LogP contribution in [0.1, 0.15) is 33.6 Å². The number of halogens is 5. The van der Waals surface area contributed by atoms with Gasteiger partial charge in [0.15, 0.2) is 29.1 Å². The van der Waals surface area contributed by atoms with E-state index in [1.165, 1.54) is 0 Å². The maximum absolute atomic E-state index is 13.9. The molecule has 24 heavy (non-hydrogen) atoms. The number of carbonyl (C=O) groups is 3. The van der Waals surface area contributed by atoms with Crippen LogP contribution in [0, 0.1) is 23.3 Å². The Hall–Kier alpha value is -2.78. The molecule has 0 aromatic heterocycles. The molecule has 0 atom stereocenters. The number of carboxylic acid groups (broad SMARTS) is 1. The van der Waals surface area contributed by atoms with Gasteiger partial charge in [0.05, 0.1) is 11.1 Å². The summed E-state index contributed by atoms with van der Waals surface area (Å²) in [6, 6.07) is 0. The summed E-state index contributed by atoms with van der Waals surface area (Å²) < 4.78 is 67.7. The van der Waals surface area contributed by atoms with Gasteiger partial charge in [-0.3, -0.25) is 14.4 Å². The average Bonchev–Trinajstić information content (AvgIpc) is 2.53. The Kier molecular flexibility index (Phi) is 4.67. The molecule has 1 aliphatic carbocycles. The first-order valence-corrected chi connectivity index (χ1v) is 6.49. The highest BCUT2D eigenvalue weighted by Crippen LogP contribution is 2.32. The van der Waals surface area contributed by atoms with E-state index in [1.54, 1.807) is 0 Å². The highest BCUT2D eigenvalue weighted by atomic mass is 19.2. The summed E-state index contributed by atoms with van der Waals surface area (Å²) >= 11 is 0. The quantitative estimate of drug-likeness (QED) is 0.369. The second-order valence-electron chi connectivity index (χ2n) is 4.78. The van der Waals surface area contributed by atoms with Gasteiger partial charge in [0.2, 0.25) is 11.6 Å². The molecule has 0 fully saturated rings. The number of hydrogen-bond donors (Lipinski definition) is 2. The number of allylic oxidation sites excluding steroid dienone is 2. The lowest BCUT2D eigenvalue weighted by Gasteiger charge is -2.19. The molecule has 2 rings (SSSR count). The molecule has 0 bridgehead atoms. The topological polar surface area (TPSA) is 83.5 Å². The van der Waals surface area contributed by atoms with Gasteiger partial charge >= 0.3 is 5.97 Å². The number of rotatable bonds is 5. The summed E-state index contributed by atoms with van der Waals surface area (Å²) in [7, 11) is 0. The number of nitrogens with one attached hydrogen (secondary N) is 1. The lowest BCUT2D eigenvalue weighted by atomic mass is 9.90. The second kappa shape index (κ2) is 6.38. The zero-order valence-corrected chi connectivity index (χ0v) is 11.7. The number of carbonyl (C=O) groups excluding carboxylic acids is 2. The van der Waals surface area contributed by atoms with Gasteiger partial charge < -0.3 is 10.4 Å². The molecule has 0 unspecified atom stereocenters. The van der Waals surface area contributed by atoms with Gasteiger partial charge in [0.1, 0.15) is 5.70 Å². The Morgan fingerprint density at radius 2 is 1.38 bits per heavy atom. The number of fused-ring (bicyclic) bond motifs is 1. The molecule has 0 radical (unpaired) electrons. The first kappa shape index (κ1) is 17.6. The van der Waals surface area contributed by atoms with Crippen LogP contribution in [0.25, 0.3) is 0 Å². The van der Waals surface area contributed by atoms with Crippen molar-refractivity contribution in [1.29, 1.82) is 0 Å². The van der Waals surface area contributed by atoms with E-state index in [9.17, 15) is 36.3 Å². The van der Waals surface area contributed by atoms with Crippen LogP contribution in [0.2, 0.25) is 0 Å². The molecular weight excluding hydrogens is 341 g/mol. The molecule has 0 spiro atoms. The maximum atomic E-state index is 13.9. The third-order valence-corrected chi connectivity index (χ3v) is 3.24. The monoisotopic (exact) mass is 349 g/mol. The van der Waals surface area contributed by atoms with E-state index in [0.717, 1.165) is 0 Å². The van der Waals surface area contributed by atoms with E-state index in [2.05, 4.69) is 5.32 Å². The summed E-state index contributed by atoms with van der Waals surface area (Å²) in [5.74, 6) is -15.3. The van der Waals surface area contributed by atoms with Gasteiger partial charge in [-0.2, -0.15) is 0 Å². The third kappa shape index (κ3) is 2.74. The van der Waals surface area contributed by atoms with Crippen molar-refractivity contribution in [3.63, 3.8) is 0 Å². The van der Waals surface area contributed by atoms with Crippen LogP contribution in [-0.2, 0) is 4.79 Å². The first-order chi connectivity index (χ1) is 11.2. The zero-order chi connectivity index (χ0) is 18.2. The Balaban J connectivity index is 2.44. The minimum Gasteiger partial charge on any atom is -0.481 e. The van der Waals surface area contributed by atoms with Gasteiger partial charge in [0, 0.05) is 13.0 Å². The fourth-order valence-corrected chi connectivity index (χ4v) is 2.12. The number of aliphatic carboxylic acids is 1.